The minimum absolute atomic E-state index is 0.213. The molecule has 25 heavy (non-hydrogen) atoms. The van der Waals surface area contributed by atoms with E-state index in [9.17, 15) is 9.59 Å². The van der Waals surface area contributed by atoms with Crippen LogP contribution in [0.25, 0.3) is 0 Å². The van der Waals surface area contributed by atoms with E-state index in [0.29, 0.717) is 12.1 Å². The summed E-state index contributed by atoms with van der Waals surface area (Å²) in [4.78, 5) is 25.5. The molecule has 132 valence electrons. The van der Waals surface area contributed by atoms with Crippen LogP contribution in [0.4, 0.5) is 0 Å². The summed E-state index contributed by atoms with van der Waals surface area (Å²) < 4.78 is 5.21. The molecule has 1 aromatic heterocycles. The van der Waals surface area contributed by atoms with Crippen LogP contribution in [0.2, 0.25) is 0 Å². The van der Waals surface area contributed by atoms with Gasteiger partial charge in [-0.2, -0.15) is 0 Å². The van der Waals surface area contributed by atoms with Crippen LogP contribution in [-0.4, -0.2) is 25.0 Å². The molecule has 2 aromatic rings. The summed E-state index contributed by atoms with van der Waals surface area (Å²) in [6.07, 6.45) is 4.28. The van der Waals surface area contributed by atoms with E-state index in [0.717, 1.165) is 24.8 Å². The van der Waals surface area contributed by atoms with Crippen molar-refractivity contribution in [2.75, 3.05) is 13.2 Å². The van der Waals surface area contributed by atoms with E-state index in [1.54, 1.807) is 11.3 Å². The molecule has 0 aliphatic heterocycles. The van der Waals surface area contributed by atoms with Gasteiger partial charge in [-0.15, -0.1) is 11.3 Å². The number of thiophene rings is 1. The summed E-state index contributed by atoms with van der Waals surface area (Å²) in [5.74, 6) is -0.435. The van der Waals surface area contributed by atoms with Gasteiger partial charge in [-0.05, 0) is 42.7 Å². The second kappa shape index (κ2) is 8.30. The van der Waals surface area contributed by atoms with Crippen LogP contribution in [-0.2, 0) is 22.4 Å². The zero-order chi connectivity index (χ0) is 17.6. The first-order chi connectivity index (χ1) is 12.1. The molecule has 0 bridgehead atoms. The highest BCUT2D eigenvalue weighted by molar-refractivity contribution is 7.10. The van der Waals surface area contributed by atoms with Crippen LogP contribution in [0.5, 0.6) is 0 Å². The van der Waals surface area contributed by atoms with Crippen molar-refractivity contribution in [2.24, 2.45) is 0 Å². The molecule has 0 fully saturated rings. The fourth-order valence-corrected chi connectivity index (χ4v) is 4.21. The maximum atomic E-state index is 12.2. The Kier molecular flexibility index (Phi) is 5.87. The zero-order valence-electron chi connectivity index (χ0n) is 14.4. The minimum Gasteiger partial charge on any atom is -0.452 e. The number of rotatable bonds is 6. The van der Waals surface area contributed by atoms with E-state index in [4.69, 9.17) is 4.74 Å². The summed E-state index contributed by atoms with van der Waals surface area (Å²) in [6.45, 7) is 2.35. The highest BCUT2D eigenvalue weighted by Gasteiger charge is 2.21. The molecule has 3 rings (SSSR count). The monoisotopic (exact) mass is 357 g/mol. The third kappa shape index (κ3) is 4.48. The van der Waals surface area contributed by atoms with Gasteiger partial charge in [0, 0.05) is 16.8 Å². The summed E-state index contributed by atoms with van der Waals surface area (Å²) in [5.41, 5.74) is 2.94. The van der Waals surface area contributed by atoms with E-state index < -0.39 is 0 Å². The number of hydrogen-bond acceptors (Lipinski definition) is 4. The molecular weight excluding hydrogens is 334 g/mol. The number of benzene rings is 1. The van der Waals surface area contributed by atoms with Crippen LogP contribution in [0.15, 0.2) is 35.7 Å². The van der Waals surface area contributed by atoms with Gasteiger partial charge in [0.1, 0.15) is 0 Å². The molecule has 0 radical (unpaired) electrons. The lowest BCUT2D eigenvalue weighted by atomic mass is 9.96. The normalized spacial score (nSPS) is 14.4. The van der Waals surface area contributed by atoms with Gasteiger partial charge in [0.15, 0.2) is 6.61 Å². The van der Waals surface area contributed by atoms with Crippen molar-refractivity contribution in [3.63, 3.8) is 0 Å². The number of esters is 1. The van der Waals surface area contributed by atoms with E-state index >= 15 is 0 Å². The Bertz CT molecular complexity index is 739. The Hall–Kier alpha value is -2.14. The van der Waals surface area contributed by atoms with Gasteiger partial charge in [0.05, 0.1) is 5.56 Å². The highest BCUT2D eigenvalue weighted by Crippen LogP contribution is 2.30. The molecule has 1 aliphatic rings. The Morgan fingerprint density at radius 1 is 1.20 bits per heavy atom. The SMILES string of the molecule is C[C@@H](CNC(=O)COC(=O)c1csc2c1CCCC2)c1ccccc1. The number of hydrogen-bond donors (Lipinski definition) is 1. The van der Waals surface area contributed by atoms with E-state index in [1.807, 2.05) is 35.7 Å². The van der Waals surface area contributed by atoms with E-state index in [-0.39, 0.29) is 24.4 Å². The van der Waals surface area contributed by atoms with Crippen molar-refractivity contribution in [3.8, 4) is 0 Å². The number of nitrogens with one attached hydrogen (secondary N) is 1. The molecule has 0 unspecified atom stereocenters. The summed E-state index contributed by atoms with van der Waals surface area (Å²) in [5, 5.41) is 4.70. The average Bonchev–Trinajstić information content (AvgIpc) is 3.09. The second-order valence-electron chi connectivity index (χ2n) is 6.45. The third-order valence-corrected chi connectivity index (χ3v) is 5.68. The Balaban J connectivity index is 1.46. The second-order valence-corrected chi connectivity index (χ2v) is 7.41. The predicted octanol–water partition coefficient (Wildman–Crippen LogP) is 3.70. The van der Waals surface area contributed by atoms with Crippen LogP contribution in [0, 0.1) is 0 Å². The van der Waals surface area contributed by atoms with Gasteiger partial charge in [-0.3, -0.25) is 4.79 Å². The zero-order valence-corrected chi connectivity index (χ0v) is 15.2. The minimum atomic E-state index is -0.384. The average molecular weight is 357 g/mol. The lowest BCUT2D eigenvalue weighted by molar-refractivity contribution is -0.124. The van der Waals surface area contributed by atoms with Gasteiger partial charge >= 0.3 is 5.97 Å². The Morgan fingerprint density at radius 3 is 2.76 bits per heavy atom. The van der Waals surface area contributed by atoms with Crippen LogP contribution < -0.4 is 5.32 Å². The van der Waals surface area contributed by atoms with Gasteiger partial charge in [0.2, 0.25) is 0 Å². The summed E-state index contributed by atoms with van der Waals surface area (Å²) in [7, 11) is 0. The number of carbonyl (C=O) groups is 2. The molecule has 1 aromatic carbocycles. The molecule has 5 heteroatoms. The molecule has 1 atom stereocenters. The first-order valence-corrected chi connectivity index (χ1v) is 9.61. The van der Waals surface area contributed by atoms with Crippen molar-refractivity contribution < 1.29 is 14.3 Å². The van der Waals surface area contributed by atoms with Gasteiger partial charge in [-0.1, -0.05) is 37.3 Å². The molecular formula is C20H23NO3S. The summed E-state index contributed by atoms with van der Waals surface area (Å²) in [6, 6.07) is 10.0. The first-order valence-electron chi connectivity index (χ1n) is 8.73. The molecule has 1 N–H and O–H groups in total. The van der Waals surface area contributed by atoms with Crippen molar-refractivity contribution in [1.82, 2.24) is 5.32 Å². The lowest BCUT2D eigenvalue weighted by Crippen LogP contribution is -2.31. The molecule has 0 saturated carbocycles. The van der Waals surface area contributed by atoms with Crippen molar-refractivity contribution in [2.45, 2.75) is 38.5 Å². The van der Waals surface area contributed by atoms with Crippen LogP contribution >= 0.6 is 11.3 Å². The maximum absolute atomic E-state index is 12.2. The molecule has 1 heterocycles. The van der Waals surface area contributed by atoms with Crippen LogP contribution in [0.1, 0.15) is 52.0 Å². The van der Waals surface area contributed by atoms with Gasteiger partial charge < -0.3 is 10.1 Å². The van der Waals surface area contributed by atoms with E-state index in [2.05, 4.69) is 12.2 Å². The lowest BCUT2D eigenvalue weighted by Gasteiger charge is -2.14. The predicted molar refractivity (Wildman–Crippen MR) is 99.1 cm³/mol. The number of carbonyl (C=O) groups excluding carboxylic acids is 2. The molecule has 0 spiro atoms. The molecule has 1 aliphatic carbocycles. The number of amides is 1. The van der Waals surface area contributed by atoms with Crippen molar-refractivity contribution >= 4 is 23.2 Å². The number of ether oxygens (including phenoxy) is 1. The molecule has 1 amide bonds. The van der Waals surface area contributed by atoms with Crippen molar-refractivity contribution in [3.05, 3.63) is 57.3 Å². The number of fused-ring (bicyclic) bond motifs is 1. The van der Waals surface area contributed by atoms with Crippen molar-refractivity contribution in [1.29, 1.82) is 0 Å². The van der Waals surface area contributed by atoms with Crippen LogP contribution in [0.3, 0.4) is 0 Å². The quantitative estimate of drug-likeness (QED) is 0.802. The first kappa shape index (κ1) is 17.7. The Labute approximate surface area is 152 Å². The standard InChI is InChI=1S/C20H23NO3S/c1-14(15-7-3-2-4-8-15)11-21-19(22)12-24-20(23)17-13-25-18-10-6-5-9-16(17)18/h2-4,7-8,13-14H,5-6,9-12H2,1H3,(H,21,22)/t14-/m0/s1. The highest BCUT2D eigenvalue weighted by atomic mass is 32.1. The number of aryl methyl sites for hydroxylation is 1. The topological polar surface area (TPSA) is 55.4 Å². The van der Waals surface area contributed by atoms with Gasteiger partial charge in [-0.25, -0.2) is 4.79 Å². The Morgan fingerprint density at radius 2 is 1.96 bits per heavy atom. The molecule has 0 saturated heterocycles. The summed E-state index contributed by atoms with van der Waals surface area (Å²) >= 11 is 1.62. The van der Waals surface area contributed by atoms with Gasteiger partial charge in [0.25, 0.3) is 5.91 Å². The molecule has 4 nitrogen and oxygen atoms in total. The smallest absolute Gasteiger partial charge is 0.339 e. The van der Waals surface area contributed by atoms with E-state index in [1.165, 1.54) is 16.9 Å². The largest absolute Gasteiger partial charge is 0.452 e. The maximum Gasteiger partial charge on any atom is 0.339 e. The fraction of sp³-hybridized carbons (Fsp3) is 0.400. The fourth-order valence-electron chi connectivity index (χ4n) is 3.09. The third-order valence-electron chi connectivity index (χ3n) is 4.59.